The van der Waals surface area contributed by atoms with Gasteiger partial charge in [-0.3, -0.25) is 19.1 Å². The lowest BCUT2D eigenvalue weighted by atomic mass is 10.0. The molecule has 28 heavy (non-hydrogen) atoms. The summed E-state index contributed by atoms with van der Waals surface area (Å²) in [6.45, 7) is 1.27. The molecule has 1 aromatic rings. The van der Waals surface area contributed by atoms with E-state index in [4.69, 9.17) is 10.8 Å². The zero-order chi connectivity index (χ0) is 21.6. The first-order valence-corrected chi connectivity index (χ1v) is 8.28. The third kappa shape index (κ3) is 5.16. The van der Waals surface area contributed by atoms with Crippen molar-refractivity contribution in [2.45, 2.75) is 50.8 Å². The third-order valence-electron chi connectivity index (χ3n) is 3.91. The van der Waals surface area contributed by atoms with Crippen molar-refractivity contribution in [3.05, 3.63) is 23.8 Å². The van der Waals surface area contributed by atoms with E-state index in [-0.39, 0.29) is 30.1 Å². The fourth-order valence-electron chi connectivity index (χ4n) is 2.45. The minimum atomic E-state index is -1.74. The van der Waals surface area contributed by atoms with Gasteiger partial charge < -0.3 is 34.8 Å². The number of rotatable bonds is 8. The van der Waals surface area contributed by atoms with Crippen molar-refractivity contribution < 1.29 is 50.0 Å². The van der Waals surface area contributed by atoms with Crippen LogP contribution in [0.1, 0.15) is 20.3 Å². The van der Waals surface area contributed by atoms with Gasteiger partial charge in [0.2, 0.25) is 18.5 Å². The van der Waals surface area contributed by atoms with Gasteiger partial charge >= 0.3 is 0 Å². The Morgan fingerprint density at radius 3 is 2.61 bits per heavy atom. The van der Waals surface area contributed by atoms with E-state index in [0.717, 1.165) is 0 Å². The van der Waals surface area contributed by atoms with Crippen molar-refractivity contribution in [3.8, 4) is 5.75 Å². The molecule has 0 spiro atoms. The van der Waals surface area contributed by atoms with Crippen LogP contribution in [0.15, 0.2) is 18.2 Å². The van der Waals surface area contributed by atoms with Crippen LogP contribution in [0.3, 0.4) is 0 Å². The van der Waals surface area contributed by atoms with E-state index in [1.165, 1.54) is 18.2 Å². The predicted molar refractivity (Wildman–Crippen MR) is 90.7 cm³/mol. The average molecular weight is 400 g/mol. The summed E-state index contributed by atoms with van der Waals surface area (Å²) < 4.78 is 26.7. The van der Waals surface area contributed by atoms with E-state index in [2.05, 4.69) is 14.8 Å². The highest BCUT2D eigenvalue weighted by molar-refractivity contribution is 5.90. The summed E-state index contributed by atoms with van der Waals surface area (Å²) in [5.74, 6) is -0.239. The van der Waals surface area contributed by atoms with Crippen LogP contribution in [0.25, 0.3) is 0 Å². The standard InChI is InChI=1S/C17H21NO10/c1-2-12(21)18-10-3-4-11(9(5-10)6-25-7-19)27-17-15(24)13(22)14(23)16(28-17)26-8-20/h3-5,7-8,13-17,22-24H,2,6H2,1H3,(H,18,21)/i7D. The molecule has 11 heteroatoms. The maximum absolute atomic E-state index is 11.6. The summed E-state index contributed by atoms with van der Waals surface area (Å²) >= 11 is 0. The lowest BCUT2D eigenvalue weighted by Gasteiger charge is -2.39. The summed E-state index contributed by atoms with van der Waals surface area (Å²) in [6, 6.07) is 4.27. The summed E-state index contributed by atoms with van der Waals surface area (Å²) in [5.41, 5.74) is 0.576. The molecule has 1 aromatic carbocycles. The minimum Gasteiger partial charge on any atom is -0.463 e. The van der Waals surface area contributed by atoms with Crippen molar-refractivity contribution in [1.82, 2.24) is 0 Å². The van der Waals surface area contributed by atoms with Crippen molar-refractivity contribution >= 4 is 24.5 Å². The Kier molecular flexibility index (Phi) is 7.14. The van der Waals surface area contributed by atoms with Gasteiger partial charge in [0.05, 0.1) is 0 Å². The normalized spacial score (nSPS) is 27.3. The summed E-state index contributed by atoms with van der Waals surface area (Å²) in [4.78, 5) is 32.9. The molecule has 1 aliphatic rings. The number of hydrogen-bond acceptors (Lipinski definition) is 10. The van der Waals surface area contributed by atoms with Gasteiger partial charge in [0.25, 0.3) is 12.9 Å². The predicted octanol–water partition coefficient (Wildman–Crippen LogP) is -0.975. The Bertz CT molecular complexity index is 745. The molecule has 1 fully saturated rings. The number of nitrogens with one attached hydrogen (secondary N) is 1. The molecule has 4 N–H and O–H groups in total. The highest BCUT2D eigenvalue weighted by Gasteiger charge is 2.46. The first-order chi connectivity index (χ1) is 13.8. The number of hydrogen-bond donors (Lipinski definition) is 4. The number of aliphatic hydroxyl groups is 3. The maximum atomic E-state index is 11.6. The largest absolute Gasteiger partial charge is 0.463 e. The van der Waals surface area contributed by atoms with E-state index in [1.807, 2.05) is 0 Å². The van der Waals surface area contributed by atoms with Gasteiger partial charge in [-0.15, -0.1) is 0 Å². The maximum Gasteiger partial charge on any atom is 0.295 e. The number of ether oxygens (including phenoxy) is 4. The van der Waals surface area contributed by atoms with Crippen LogP contribution in [0, 0.1) is 0 Å². The molecule has 5 unspecified atom stereocenters. The molecule has 154 valence electrons. The van der Waals surface area contributed by atoms with Crippen LogP contribution in [-0.4, -0.2) is 65.0 Å². The molecule has 1 heterocycles. The molecule has 0 bridgehead atoms. The zero-order valence-corrected chi connectivity index (χ0v) is 14.8. The number of carbonyl (C=O) groups excluding carboxylic acids is 3. The summed E-state index contributed by atoms with van der Waals surface area (Å²) in [6.07, 6.45) is -9.36. The van der Waals surface area contributed by atoms with Crippen LogP contribution < -0.4 is 10.1 Å². The fraction of sp³-hybridized carbons (Fsp3) is 0.471. The van der Waals surface area contributed by atoms with Crippen LogP contribution in [0.2, 0.25) is 0 Å². The molecule has 1 saturated heterocycles. The number of anilines is 1. The monoisotopic (exact) mass is 400 g/mol. The molecule has 0 aromatic heterocycles. The smallest absolute Gasteiger partial charge is 0.295 e. The average Bonchev–Trinajstić information content (AvgIpc) is 2.69. The van der Waals surface area contributed by atoms with E-state index in [1.54, 1.807) is 6.92 Å². The molecule has 0 aliphatic carbocycles. The quantitative estimate of drug-likeness (QED) is 0.399. The molecule has 1 amide bonds. The molecule has 11 nitrogen and oxygen atoms in total. The highest BCUT2D eigenvalue weighted by Crippen LogP contribution is 2.29. The summed E-state index contributed by atoms with van der Waals surface area (Å²) in [7, 11) is 0. The van der Waals surface area contributed by atoms with Gasteiger partial charge in [-0.25, -0.2) is 0 Å². The molecule has 5 atom stereocenters. The highest BCUT2D eigenvalue weighted by atomic mass is 16.8. The van der Waals surface area contributed by atoms with Gasteiger partial charge in [-0.1, -0.05) is 6.92 Å². The second kappa shape index (κ2) is 9.99. The van der Waals surface area contributed by atoms with Crippen molar-refractivity contribution in [1.29, 1.82) is 0 Å². The Morgan fingerprint density at radius 2 is 1.96 bits per heavy atom. The molecular formula is C17H21NO10. The third-order valence-corrected chi connectivity index (χ3v) is 3.91. The van der Waals surface area contributed by atoms with Gasteiger partial charge in [-0.05, 0) is 18.2 Å². The Hall–Kier alpha value is -2.73. The van der Waals surface area contributed by atoms with E-state index in [0.29, 0.717) is 5.69 Å². The Balaban J connectivity index is 2.25. The first kappa shape index (κ1) is 20.0. The van der Waals surface area contributed by atoms with Crippen LogP contribution in [0.5, 0.6) is 5.75 Å². The molecule has 1 aliphatic heterocycles. The second-order valence-corrected chi connectivity index (χ2v) is 5.79. The van der Waals surface area contributed by atoms with Crippen molar-refractivity contribution in [2.24, 2.45) is 0 Å². The van der Waals surface area contributed by atoms with Crippen molar-refractivity contribution in [3.63, 3.8) is 0 Å². The second-order valence-electron chi connectivity index (χ2n) is 5.79. The van der Waals surface area contributed by atoms with E-state index in [9.17, 15) is 29.7 Å². The lowest BCUT2D eigenvalue weighted by Crippen LogP contribution is -2.59. The van der Waals surface area contributed by atoms with E-state index < -0.39 is 43.9 Å². The SMILES string of the molecule is [2H]C(=O)OCc1cc(NC(=O)CC)ccc1OC1OC(OC=O)C(O)C(O)C1O. The summed E-state index contributed by atoms with van der Waals surface area (Å²) in [5, 5.41) is 32.4. The number of amides is 1. The van der Waals surface area contributed by atoms with Gasteiger partial charge in [0.1, 0.15) is 30.7 Å². The zero-order valence-electron chi connectivity index (χ0n) is 15.8. The minimum absolute atomic E-state index is 0.000296. The van der Waals surface area contributed by atoms with Crippen LogP contribution >= 0.6 is 0 Å². The van der Waals surface area contributed by atoms with Gasteiger partial charge in [0.15, 0.2) is 1.37 Å². The fourth-order valence-corrected chi connectivity index (χ4v) is 2.45. The van der Waals surface area contributed by atoms with E-state index >= 15 is 0 Å². The lowest BCUT2D eigenvalue weighted by molar-refractivity contribution is -0.321. The Morgan fingerprint density at radius 1 is 1.25 bits per heavy atom. The van der Waals surface area contributed by atoms with Crippen LogP contribution in [0.4, 0.5) is 5.69 Å². The number of aliphatic hydroxyl groups excluding tert-OH is 3. The van der Waals surface area contributed by atoms with Gasteiger partial charge in [-0.2, -0.15) is 0 Å². The number of carbonyl (C=O) groups is 3. The van der Waals surface area contributed by atoms with Crippen molar-refractivity contribution in [2.75, 3.05) is 5.32 Å². The molecule has 2 rings (SSSR count). The molecule has 0 saturated carbocycles. The Labute approximate surface area is 161 Å². The topological polar surface area (TPSA) is 161 Å². The molecule has 0 radical (unpaired) electrons. The van der Waals surface area contributed by atoms with Crippen LogP contribution in [-0.2, 0) is 35.2 Å². The number of benzene rings is 1. The molecular weight excluding hydrogens is 378 g/mol. The first-order valence-electron chi connectivity index (χ1n) is 8.78. The van der Waals surface area contributed by atoms with Gasteiger partial charge in [0, 0.05) is 17.7 Å².